The molecule has 0 spiro atoms. The third-order valence-electron chi connectivity index (χ3n) is 3.42. The zero-order chi connectivity index (χ0) is 13.1. The molecule has 1 aliphatic heterocycles. The number of amides is 1. The number of phenols is 1. The van der Waals surface area contributed by atoms with Crippen molar-refractivity contribution in [3.05, 3.63) is 24.3 Å². The number of anilines is 1. The van der Waals surface area contributed by atoms with Gasteiger partial charge in [-0.1, -0.05) is 6.07 Å². The van der Waals surface area contributed by atoms with Crippen molar-refractivity contribution in [2.45, 2.75) is 26.4 Å². The molecule has 1 amide bonds. The largest absolute Gasteiger partial charge is 0.508 e. The van der Waals surface area contributed by atoms with E-state index in [9.17, 15) is 9.90 Å². The lowest BCUT2D eigenvalue weighted by atomic mass is 10.0. The first-order chi connectivity index (χ1) is 8.63. The molecule has 98 valence electrons. The van der Waals surface area contributed by atoms with Crippen LogP contribution in [0, 0.1) is 5.92 Å². The molecule has 1 heterocycles. The second kappa shape index (κ2) is 5.40. The topological polar surface area (TPSA) is 49.8 Å². The van der Waals surface area contributed by atoms with E-state index in [4.69, 9.17) is 4.74 Å². The zero-order valence-electron chi connectivity index (χ0n) is 10.8. The molecular weight excluding hydrogens is 230 g/mol. The first-order valence-electron chi connectivity index (χ1n) is 6.35. The predicted octanol–water partition coefficient (Wildman–Crippen LogP) is 2.17. The third-order valence-corrected chi connectivity index (χ3v) is 3.42. The molecule has 18 heavy (non-hydrogen) atoms. The highest BCUT2D eigenvalue weighted by molar-refractivity contribution is 5.95. The highest BCUT2D eigenvalue weighted by Crippen LogP contribution is 2.27. The summed E-state index contributed by atoms with van der Waals surface area (Å²) in [6.07, 6.45) is 0.749. The van der Waals surface area contributed by atoms with Gasteiger partial charge < -0.3 is 14.7 Å². The number of aromatic hydroxyl groups is 1. The van der Waals surface area contributed by atoms with Crippen molar-refractivity contribution in [1.82, 2.24) is 0 Å². The molecule has 1 fully saturated rings. The quantitative estimate of drug-likeness (QED) is 0.893. The van der Waals surface area contributed by atoms with Crippen LogP contribution in [0.3, 0.4) is 0 Å². The van der Waals surface area contributed by atoms with Crippen LogP contribution in [0.15, 0.2) is 24.3 Å². The Morgan fingerprint density at radius 3 is 2.89 bits per heavy atom. The van der Waals surface area contributed by atoms with Crippen LogP contribution in [-0.4, -0.2) is 30.3 Å². The fraction of sp³-hybridized carbons (Fsp3) is 0.500. The van der Waals surface area contributed by atoms with E-state index in [1.807, 2.05) is 19.9 Å². The van der Waals surface area contributed by atoms with Gasteiger partial charge in [-0.15, -0.1) is 0 Å². The smallest absolute Gasteiger partial charge is 0.232 e. The van der Waals surface area contributed by atoms with E-state index >= 15 is 0 Å². The van der Waals surface area contributed by atoms with Crippen LogP contribution in [0.5, 0.6) is 5.75 Å². The maximum atomic E-state index is 12.5. The van der Waals surface area contributed by atoms with Gasteiger partial charge in [-0.3, -0.25) is 4.79 Å². The number of ether oxygens (including phenoxy) is 1. The number of hydrogen-bond donors (Lipinski definition) is 1. The second-order valence-corrected chi connectivity index (χ2v) is 4.57. The van der Waals surface area contributed by atoms with E-state index in [0.29, 0.717) is 13.2 Å². The van der Waals surface area contributed by atoms with Gasteiger partial charge in [0, 0.05) is 24.9 Å². The molecule has 4 heteroatoms. The molecule has 0 radical (unpaired) electrons. The number of carbonyl (C=O) groups excluding carboxylic acids is 1. The van der Waals surface area contributed by atoms with Gasteiger partial charge >= 0.3 is 0 Å². The van der Waals surface area contributed by atoms with Gasteiger partial charge in [-0.2, -0.15) is 0 Å². The fourth-order valence-electron chi connectivity index (χ4n) is 2.38. The minimum absolute atomic E-state index is 0.0242. The molecule has 4 nitrogen and oxygen atoms in total. The molecular formula is C14H19NO3. The third kappa shape index (κ3) is 2.48. The Kier molecular flexibility index (Phi) is 3.87. The van der Waals surface area contributed by atoms with Gasteiger partial charge in [0.2, 0.25) is 5.91 Å². The second-order valence-electron chi connectivity index (χ2n) is 4.57. The summed E-state index contributed by atoms with van der Waals surface area (Å²) in [6, 6.07) is 6.79. The molecule has 2 unspecified atom stereocenters. The van der Waals surface area contributed by atoms with Crippen LogP contribution in [0.2, 0.25) is 0 Å². The number of rotatable bonds is 3. The summed E-state index contributed by atoms with van der Waals surface area (Å²) >= 11 is 0. The van der Waals surface area contributed by atoms with Gasteiger partial charge in [0.1, 0.15) is 5.75 Å². The molecule has 0 aliphatic carbocycles. The Labute approximate surface area is 107 Å². The summed E-state index contributed by atoms with van der Waals surface area (Å²) in [7, 11) is 0. The van der Waals surface area contributed by atoms with Crippen LogP contribution in [0.25, 0.3) is 0 Å². The van der Waals surface area contributed by atoms with Crippen LogP contribution < -0.4 is 4.90 Å². The predicted molar refractivity (Wildman–Crippen MR) is 69.7 cm³/mol. The molecule has 1 aromatic carbocycles. The zero-order valence-corrected chi connectivity index (χ0v) is 10.8. The van der Waals surface area contributed by atoms with Gasteiger partial charge in [0.25, 0.3) is 0 Å². The summed E-state index contributed by atoms with van der Waals surface area (Å²) in [5.41, 5.74) is 0.738. The Morgan fingerprint density at radius 2 is 2.33 bits per heavy atom. The van der Waals surface area contributed by atoms with Crippen molar-refractivity contribution < 1.29 is 14.6 Å². The first-order valence-corrected chi connectivity index (χ1v) is 6.35. The monoisotopic (exact) mass is 249 g/mol. The standard InChI is InChI=1S/C14H19NO3/c1-3-15(11-5-4-6-12(16)9-11)14(17)13-7-8-18-10(13)2/h4-6,9-10,13,16H,3,7-8H2,1-2H3. The average Bonchev–Trinajstić information content (AvgIpc) is 2.76. The lowest BCUT2D eigenvalue weighted by Gasteiger charge is -2.25. The highest BCUT2D eigenvalue weighted by atomic mass is 16.5. The molecule has 1 saturated heterocycles. The Balaban J connectivity index is 2.20. The molecule has 1 N–H and O–H groups in total. The van der Waals surface area contributed by atoms with Crippen molar-refractivity contribution in [3.63, 3.8) is 0 Å². The average molecular weight is 249 g/mol. The van der Waals surface area contributed by atoms with Crippen LogP contribution in [0.4, 0.5) is 5.69 Å². The highest BCUT2D eigenvalue weighted by Gasteiger charge is 2.33. The molecule has 0 aromatic heterocycles. The molecule has 0 bridgehead atoms. The van der Waals surface area contributed by atoms with Gasteiger partial charge in [-0.25, -0.2) is 0 Å². The number of phenolic OH excluding ortho intramolecular Hbond substituents is 1. The van der Waals surface area contributed by atoms with E-state index < -0.39 is 0 Å². The SMILES string of the molecule is CCN(C(=O)C1CCOC1C)c1cccc(O)c1. The van der Waals surface area contributed by atoms with Crippen molar-refractivity contribution in [2.75, 3.05) is 18.1 Å². The van der Waals surface area contributed by atoms with Crippen LogP contribution in [0.1, 0.15) is 20.3 Å². The van der Waals surface area contributed by atoms with E-state index in [1.165, 1.54) is 0 Å². The summed E-state index contributed by atoms with van der Waals surface area (Å²) in [5, 5.41) is 9.49. The summed E-state index contributed by atoms with van der Waals surface area (Å²) in [4.78, 5) is 14.2. The van der Waals surface area contributed by atoms with Crippen molar-refractivity contribution in [2.24, 2.45) is 5.92 Å². The summed E-state index contributed by atoms with van der Waals surface area (Å²) in [5.74, 6) is 0.176. The summed E-state index contributed by atoms with van der Waals surface area (Å²) in [6.45, 7) is 5.11. The molecule has 1 aromatic rings. The molecule has 2 rings (SSSR count). The normalized spacial score (nSPS) is 23.0. The van der Waals surface area contributed by atoms with Crippen molar-refractivity contribution in [1.29, 1.82) is 0 Å². The van der Waals surface area contributed by atoms with E-state index in [2.05, 4.69) is 0 Å². The summed E-state index contributed by atoms with van der Waals surface area (Å²) < 4.78 is 5.44. The molecule has 2 atom stereocenters. The minimum atomic E-state index is -0.0766. The van der Waals surface area contributed by atoms with Crippen LogP contribution in [-0.2, 0) is 9.53 Å². The van der Waals surface area contributed by atoms with Gasteiger partial charge in [0.05, 0.1) is 12.0 Å². The lowest BCUT2D eigenvalue weighted by Crippen LogP contribution is -2.38. The van der Waals surface area contributed by atoms with E-state index in [-0.39, 0.29) is 23.7 Å². The van der Waals surface area contributed by atoms with Crippen molar-refractivity contribution >= 4 is 11.6 Å². The van der Waals surface area contributed by atoms with Crippen molar-refractivity contribution in [3.8, 4) is 5.75 Å². The Hall–Kier alpha value is -1.55. The maximum Gasteiger partial charge on any atom is 0.232 e. The lowest BCUT2D eigenvalue weighted by molar-refractivity contribution is -0.123. The number of hydrogen-bond acceptors (Lipinski definition) is 3. The molecule has 1 aliphatic rings. The van der Waals surface area contributed by atoms with E-state index in [0.717, 1.165) is 12.1 Å². The maximum absolute atomic E-state index is 12.5. The minimum Gasteiger partial charge on any atom is -0.508 e. The first kappa shape index (κ1) is 12.9. The fourth-order valence-corrected chi connectivity index (χ4v) is 2.38. The Bertz CT molecular complexity index is 433. The van der Waals surface area contributed by atoms with Gasteiger partial charge in [0.15, 0.2) is 0 Å². The van der Waals surface area contributed by atoms with Gasteiger partial charge in [-0.05, 0) is 32.4 Å². The van der Waals surface area contributed by atoms with Crippen LogP contribution >= 0.6 is 0 Å². The Morgan fingerprint density at radius 1 is 1.56 bits per heavy atom. The number of nitrogens with zero attached hydrogens (tertiary/aromatic N) is 1. The number of benzene rings is 1. The number of carbonyl (C=O) groups is 1. The molecule has 0 saturated carbocycles. The van der Waals surface area contributed by atoms with E-state index in [1.54, 1.807) is 23.1 Å².